The normalized spacial score (nSPS) is 12.0. The Labute approximate surface area is 171 Å². The number of hydrogen-bond acceptors (Lipinski definition) is 4. The fraction of sp³-hybridized carbons (Fsp3) is 0.391. The first-order valence-electron chi connectivity index (χ1n) is 10.1. The van der Waals surface area contributed by atoms with Crippen LogP contribution in [0.25, 0.3) is 11.0 Å². The first kappa shape index (κ1) is 20.7. The van der Waals surface area contributed by atoms with E-state index in [9.17, 15) is 4.79 Å². The van der Waals surface area contributed by atoms with Crippen molar-refractivity contribution in [1.29, 1.82) is 0 Å². The predicted molar refractivity (Wildman–Crippen MR) is 115 cm³/mol. The highest BCUT2D eigenvalue weighted by Gasteiger charge is 2.19. The maximum atomic E-state index is 12.8. The van der Waals surface area contributed by atoms with Crippen molar-refractivity contribution in [2.75, 3.05) is 14.2 Å². The molecule has 6 nitrogen and oxygen atoms in total. The van der Waals surface area contributed by atoms with E-state index in [2.05, 4.69) is 22.9 Å². The number of carbonyl (C=O) groups excluding carboxylic acids is 1. The lowest BCUT2D eigenvalue weighted by Gasteiger charge is -2.17. The molecule has 0 aliphatic carbocycles. The van der Waals surface area contributed by atoms with Gasteiger partial charge in [-0.15, -0.1) is 0 Å². The van der Waals surface area contributed by atoms with Crippen LogP contribution in [0.5, 0.6) is 11.5 Å². The molecule has 0 fully saturated rings. The van der Waals surface area contributed by atoms with Crippen LogP contribution in [0.15, 0.2) is 42.5 Å². The summed E-state index contributed by atoms with van der Waals surface area (Å²) in [4.78, 5) is 17.6. The molecule has 0 aliphatic heterocycles. The van der Waals surface area contributed by atoms with Gasteiger partial charge >= 0.3 is 0 Å². The lowest BCUT2D eigenvalue weighted by molar-refractivity contribution is 0.0937. The average molecular weight is 396 g/mol. The van der Waals surface area contributed by atoms with Gasteiger partial charge < -0.3 is 19.4 Å². The third-order valence-electron chi connectivity index (χ3n) is 5.05. The van der Waals surface area contributed by atoms with Crippen molar-refractivity contribution < 1.29 is 14.3 Å². The van der Waals surface area contributed by atoms with E-state index in [0.717, 1.165) is 36.2 Å². The molecule has 3 aromatic rings. The molecule has 0 saturated carbocycles. The van der Waals surface area contributed by atoms with Crippen LogP contribution in [0.1, 0.15) is 55.3 Å². The molecule has 2 aromatic carbocycles. The van der Waals surface area contributed by atoms with Gasteiger partial charge in [0.1, 0.15) is 5.82 Å². The number of unbranched alkanes of at least 4 members (excludes halogenated alkanes) is 2. The lowest BCUT2D eigenvalue weighted by atomic mass is 10.1. The molecule has 0 spiro atoms. The Balaban J connectivity index is 1.84. The number of benzene rings is 2. The fourth-order valence-electron chi connectivity index (χ4n) is 3.50. The van der Waals surface area contributed by atoms with Crippen molar-refractivity contribution in [3.8, 4) is 11.5 Å². The molecule has 1 aromatic heterocycles. The highest BCUT2D eigenvalue weighted by atomic mass is 16.5. The van der Waals surface area contributed by atoms with Gasteiger partial charge in [-0.2, -0.15) is 0 Å². The van der Waals surface area contributed by atoms with E-state index in [1.54, 1.807) is 32.4 Å². The van der Waals surface area contributed by atoms with Gasteiger partial charge in [-0.25, -0.2) is 4.98 Å². The predicted octanol–water partition coefficient (Wildman–Crippen LogP) is 4.73. The first-order chi connectivity index (χ1) is 14.1. The van der Waals surface area contributed by atoms with Crippen LogP contribution >= 0.6 is 0 Å². The van der Waals surface area contributed by atoms with Gasteiger partial charge in [0, 0.05) is 12.1 Å². The molecule has 1 amide bonds. The molecule has 154 valence electrons. The number of methoxy groups -OCH3 is 2. The monoisotopic (exact) mass is 395 g/mol. The van der Waals surface area contributed by atoms with E-state index in [1.165, 1.54) is 6.42 Å². The summed E-state index contributed by atoms with van der Waals surface area (Å²) in [5, 5.41) is 3.07. The highest BCUT2D eigenvalue weighted by Crippen LogP contribution is 2.28. The molecule has 0 radical (unpaired) electrons. The van der Waals surface area contributed by atoms with Gasteiger partial charge in [-0.05, 0) is 43.7 Å². The Morgan fingerprint density at radius 1 is 1.10 bits per heavy atom. The Kier molecular flexibility index (Phi) is 6.75. The minimum Gasteiger partial charge on any atom is -0.493 e. The summed E-state index contributed by atoms with van der Waals surface area (Å²) in [7, 11) is 3.13. The second-order valence-electron chi connectivity index (χ2n) is 7.08. The van der Waals surface area contributed by atoms with Crippen molar-refractivity contribution in [1.82, 2.24) is 14.9 Å². The first-order valence-corrected chi connectivity index (χ1v) is 10.1. The third kappa shape index (κ3) is 4.53. The number of aryl methyl sites for hydroxylation is 1. The second-order valence-corrected chi connectivity index (χ2v) is 7.08. The quantitative estimate of drug-likeness (QED) is 0.532. The molecule has 3 rings (SSSR count). The molecular formula is C23H29N3O3. The molecule has 0 saturated heterocycles. The van der Waals surface area contributed by atoms with Gasteiger partial charge in [0.15, 0.2) is 11.5 Å². The number of nitrogens with zero attached hydrogens (tertiary/aromatic N) is 2. The average Bonchev–Trinajstić information content (AvgIpc) is 3.12. The summed E-state index contributed by atoms with van der Waals surface area (Å²) < 4.78 is 12.8. The Morgan fingerprint density at radius 3 is 2.59 bits per heavy atom. The van der Waals surface area contributed by atoms with Gasteiger partial charge in [-0.1, -0.05) is 31.9 Å². The number of imidazole rings is 1. The van der Waals surface area contributed by atoms with Crippen molar-refractivity contribution >= 4 is 16.9 Å². The van der Waals surface area contributed by atoms with E-state index < -0.39 is 0 Å². The fourth-order valence-corrected chi connectivity index (χ4v) is 3.50. The topological polar surface area (TPSA) is 65.4 Å². The zero-order valence-electron chi connectivity index (χ0n) is 17.6. The number of para-hydroxylation sites is 2. The zero-order valence-corrected chi connectivity index (χ0v) is 17.6. The lowest BCUT2D eigenvalue weighted by Crippen LogP contribution is -2.28. The molecule has 1 heterocycles. The zero-order chi connectivity index (χ0) is 20.8. The van der Waals surface area contributed by atoms with Gasteiger partial charge in [0.2, 0.25) is 0 Å². The van der Waals surface area contributed by atoms with Crippen LogP contribution < -0.4 is 14.8 Å². The summed E-state index contributed by atoms with van der Waals surface area (Å²) in [5.74, 6) is 1.82. The number of aromatic nitrogens is 2. The molecule has 29 heavy (non-hydrogen) atoms. The van der Waals surface area contributed by atoms with Gasteiger partial charge in [-0.3, -0.25) is 4.79 Å². The highest BCUT2D eigenvalue weighted by molar-refractivity contribution is 5.95. The van der Waals surface area contributed by atoms with E-state index in [0.29, 0.717) is 17.1 Å². The Morgan fingerprint density at radius 2 is 1.86 bits per heavy atom. The smallest absolute Gasteiger partial charge is 0.251 e. The molecule has 6 heteroatoms. The number of ether oxygens (including phenoxy) is 2. The molecule has 0 unspecified atom stereocenters. The van der Waals surface area contributed by atoms with E-state index >= 15 is 0 Å². The van der Waals surface area contributed by atoms with Crippen LogP contribution in [-0.4, -0.2) is 29.7 Å². The second kappa shape index (κ2) is 9.45. The van der Waals surface area contributed by atoms with Crippen molar-refractivity contribution in [2.45, 2.75) is 45.7 Å². The molecule has 0 bridgehead atoms. The van der Waals surface area contributed by atoms with Gasteiger partial charge in [0.05, 0.1) is 31.3 Å². The number of amides is 1. The standard InChI is InChI=1S/C23H29N3O3/c1-5-6-9-14-26-19-11-8-7-10-18(19)25-22(26)16(2)24-23(27)17-12-13-20(28-3)21(15-17)29-4/h7-8,10-13,15-16H,5-6,9,14H2,1-4H3,(H,24,27)/t16-/m1/s1. The van der Waals surface area contributed by atoms with Crippen LogP contribution in [0.2, 0.25) is 0 Å². The SMILES string of the molecule is CCCCCn1c([C@@H](C)NC(=O)c2ccc(OC)c(OC)c2)nc2ccccc21. The molecule has 1 N–H and O–H groups in total. The van der Waals surface area contributed by atoms with Crippen LogP contribution in [-0.2, 0) is 6.54 Å². The minimum atomic E-state index is -0.232. The molecule has 1 atom stereocenters. The van der Waals surface area contributed by atoms with Crippen LogP contribution in [0.4, 0.5) is 0 Å². The largest absolute Gasteiger partial charge is 0.493 e. The maximum absolute atomic E-state index is 12.8. The number of hydrogen-bond donors (Lipinski definition) is 1. The minimum absolute atomic E-state index is 0.175. The summed E-state index contributed by atoms with van der Waals surface area (Å²) in [6, 6.07) is 13.0. The summed E-state index contributed by atoms with van der Waals surface area (Å²) in [5.41, 5.74) is 2.57. The Hall–Kier alpha value is -3.02. The number of carbonyl (C=O) groups is 1. The Bertz CT molecular complexity index is 981. The summed E-state index contributed by atoms with van der Waals surface area (Å²) >= 11 is 0. The van der Waals surface area contributed by atoms with E-state index in [1.807, 2.05) is 25.1 Å². The van der Waals surface area contributed by atoms with Crippen molar-refractivity contribution in [3.05, 3.63) is 53.9 Å². The van der Waals surface area contributed by atoms with Crippen molar-refractivity contribution in [2.24, 2.45) is 0 Å². The van der Waals surface area contributed by atoms with Crippen LogP contribution in [0.3, 0.4) is 0 Å². The van der Waals surface area contributed by atoms with E-state index in [-0.39, 0.29) is 11.9 Å². The molecule has 0 aliphatic rings. The van der Waals surface area contributed by atoms with Crippen LogP contribution in [0, 0.1) is 0 Å². The summed E-state index contributed by atoms with van der Waals surface area (Å²) in [6.07, 6.45) is 3.41. The number of nitrogens with one attached hydrogen (secondary N) is 1. The van der Waals surface area contributed by atoms with Gasteiger partial charge in [0.25, 0.3) is 5.91 Å². The molecular weight excluding hydrogens is 366 g/mol. The maximum Gasteiger partial charge on any atom is 0.251 e. The number of rotatable bonds is 9. The number of fused-ring (bicyclic) bond motifs is 1. The third-order valence-corrected chi connectivity index (χ3v) is 5.05. The van der Waals surface area contributed by atoms with Crippen molar-refractivity contribution in [3.63, 3.8) is 0 Å². The summed E-state index contributed by atoms with van der Waals surface area (Å²) in [6.45, 7) is 5.05. The van der Waals surface area contributed by atoms with E-state index in [4.69, 9.17) is 14.5 Å².